The van der Waals surface area contributed by atoms with Crippen LogP contribution in [0.3, 0.4) is 0 Å². The summed E-state index contributed by atoms with van der Waals surface area (Å²) >= 11 is 0. The summed E-state index contributed by atoms with van der Waals surface area (Å²) in [6.45, 7) is 4.56. The summed E-state index contributed by atoms with van der Waals surface area (Å²) in [5.41, 5.74) is 3.44. The molecule has 27 heavy (non-hydrogen) atoms. The van der Waals surface area contributed by atoms with Gasteiger partial charge in [-0.15, -0.1) is 0 Å². The molecule has 140 valence electrons. The van der Waals surface area contributed by atoms with Crippen molar-refractivity contribution in [3.05, 3.63) is 75.4 Å². The van der Waals surface area contributed by atoms with Crippen LogP contribution in [-0.4, -0.2) is 19.5 Å². The molecule has 1 heterocycles. The molecule has 3 aromatic rings. The van der Waals surface area contributed by atoms with Crippen LogP contribution in [0, 0.1) is 19.7 Å². The van der Waals surface area contributed by atoms with E-state index >= 15 is 0 Å². The van der Waals surface area contributed by atoms with Gasteiger partial charge in [0.15, 0.2) is 6.54 Å². The number of hydrogen-bond acceptors (Lipinski definition) is 3. The van der Waals surface area contributed by atoms with Crippen LogP contribution >= 0.6 is 0 Å². The molecule has 1 aromatic heterocycles. The third kappa shape index (κ3) is 4.41. The van der Waals surface area contributed by atoms with Crippen LogP contribution in [0.2, 0.25) is 0 Å². The van der Waals surface area contributed by atoms with Gasteiger partial charge in [-0.2, -0.15) is 0 Å². The summed E-state index contributed by atoms with van der Waals surface area (Å²) in [4.78, 5) is 25.1. The average molecular weight is 369 g/mol. The number of likely N-dealkylation sites (N-methyl/N-ethyl adjacent to an activating group) is 1. The molecular weight excluding hydrogens is 347 g/mol. The van der Waals surface area contributed by atoms with Crippen LogP contribution < -0.4 is 15.8 Å². The molecule has 2 N–H and O–H groups in total. The SMILES string of the molecule is Cc1ccc2c(C[NH+](C)CC(=O)Nc3cccc(F)c3)cc(=O)oc2c1C. The molecule has 1 atom stereocenters. The van der Waals surface area contributed by atoms with Crippen LogP contribution in [0.25, 0.3) is 11.0 Å². The smallest absolute Gasteiger partial charge is 0.336 e. The second-order valence-electron chi connectivity index (χ2n) is 6.84. The predicted molar refractivity (Wildman–Crippen MR) is 102 cm³/mol. The van der Waals surface area contributed by atoms with Crippen LogP contribution in [0.15, 0.2) is 51.7 Å². The lowest BCUT2D eigenvalue weighted by molar-refractivity contribution is -0.885. The Hall–Kier alpha value is -2.99. The van der Waals surface area contributed by atoms with Crippen molar-refractivity contribution in [3.8, 4) is 0 Å². The van der Waals surface area contributed by atoms with E-state index in [0.29, 0.717) is 17.8 Å². The molecule has 5 nitrogen and oxygen atoms in total. The molecule has 0 radical (unpaired) electrons. The molecule has 0 aliphatic carbocycles. The lowest BCUT2D eigenvalue weighted by Crippen LogP contribution is -3.08. The predicted octanol–water partition coefficient (Wildman–Crippen LogP) is 2.20. The number of carbonyl (C=O) groups is 1. The summed E-state index contributed by atoms with van der Waals surface area (Å²) in [6.07, 6.45) is 0. The van der Waals surface area contributed by atoms with Crippen molar-refractivity contribution >= 4 is 22.6 Å². The molecule has 0 saturated carbocycles. The quantitative estimate of drug-likeness (QED) is 0.678. The van der Waals surface area contributed by atoms with Gasteiger partial charge in [-0.1, -0.05) is 18.2 Å². The van der Waals surface area contributed by atoms with Crippen molar-refractivity contribution in [2.24, 2.45) is 0 Å². The van der Waals surface area contributed by atoms with Gasteiger partial charge in [0, 0.05) is 22.7 Å². The maximum Gasteiger partial charge on any atom is 0.336 e. The van der Waals surface area contributed by atoms with Crippen LogP contribution in [-0.2, 0) is 11.3 Å². The van der Waals surface area contributed by atoms with Gasteiger partial charge in [0.25, 0.3) is 5.91 Å². The Morgan fingerprint density at radius 2 is 1.96 bits per heavy atom. The summed E-state index contributed by atoms with van der Waals surface area (Å²) < 4.78 is 18.6. The first-order chi connectivity index (χ1) is 12.8. The van der Waals surface area contributed by atoms with Crippen LogP contribution in [0.1, 0.15) is 16.7 Å². The molecule has 0 aliphatic rings. The second kappa shape index (κ2) is 7.72. The van der Waals surface area contributed by atoms with Crippen molar-refractivity contribution < 1.29 is 18.5 Å². The van der Waals surface area contributed by atoms with E-state index in [2.05, 4.69) is 5.32 Å². The Bertz CT molecular complexity index is 1060. The summed E-state index contributed by atoms with van der Waals surface area (Å²) in [5.74, 6) is -0.626. The summed E-state index contributed by atoms with van der Waals surface area (Å²) in [7, 11) is 1.87. The number of fused-ring (bicyclic) bond motifs is 1. The maximum absolute atomic E-state index is 13.2. The molecule has 1 amide bonds. The first-order valence-corrected chi connectivity index (χ1v) is 8.73. The van der Waals surface area contributed by atoms with Crippen molar-refractivity contribution in [2.75, 3.05) is 18.9 Å². The fraction of sp³-hybridized carbons (Fsp3) is 0.238. The highest BCUT2D eigenvalue weighted by molar-refractivity contribution is 5.91. The van der Waals surface area contributed by atoms with Gasteiger partial charge in [-0.3, -0.25) is 4.79 Å². The third-order valence-corrected chi connectivity index (χ3v) is 4.58. The second-order valence-corrected chi connectivity index (χ2v) is 6.84. The Kier molecular flexibility index (Phi) is 5.37. The molecule has 2 aromatic carbocycles. The monoisotopic (exact) mass is 369 g/mol. The first-order valence-electron chi connectivity index (χ1n) is 8.73. The topological polar surface area (TPSA) is 63.8 Å². The number of aryl methyl sites for hydroxylation is 2. The summed E-state index contributed by atoms with van der Waals surface area (Å²) in [5, 5.41) is 3.56. The summed E-state index contributed by atoms with van der Waals surface area (Å²) in [6, 6.07) is 11.2. The molecule has 0 spiro atoms. The number of nitrogens with one attached hydrogen (secondary N) is 2. The van der Waals surface area contributed by atoms with Gasteiger partial charge in [-0.05, 0) is 43.2 Å². The minimum absolute atomic E-state index is 0.184. The number of rotatable bonds is 5. The van der Waals surface area contributed by atoms with Crippen molar-refractivity contribution in [3.63, 3.8) is 0 Å². The zero-order chi connectivity index (χ0) is 19.6. The number of quaternary nitrogens is 1. The highest BCUT2D eigenvalue weighted by Gasteiger charge is 2.15. The van der Waals surface area contributed by atoms with E-state index in [1.807, 2.05) is 33.0 Å². The van der Waals surface area contributed by atoms with Crippen LogP contribution in [0.5, 0.6) is 0 Å². The molecule has 3 rings (SSSR count). The van der Waals surface area contributed by atoms with E-state index in [1.54, 1.807) is 12.1 Å². The Labute approximate surface area is 156 Å². The zero-order valence-corrected chi connectivity index (χ0v) is 15.6. The van der Waals surface area contributed by atoms with Crippen molar-refractivity contribution in [1.82, 2.24) is 0 Å². The fourth-order valence-electron chi connectivity index (χ4n) is 3.10. The lowest BCUT2D eigenvalue weighted by Gasteiger charge is -2.15. The first kappa shape index (κ1) is 18.8. The van der Waals surface area contributed by atoms with E-state index in [0.717, 1.165) is 27.0 Å². The van der Waals surface area contributed by atoms with E-state index in [9.17, 15) is 14.0 Å². The van der Waals surface area contributed by atoms with Crippen LogP contribution in [0.4, 0.5) is 10.1 Å². The van der Waals surface area contributed by atoms with E-state index in [-0.39, 0.29) is 12.5 Å². The number of benzene rings is 2. The zero-order valence-electron chi connectivity index (χ0n) is 15.6. The average Bonchev–Trinajstić information content (AvgIpc) is 2.58. The standard InChI is InChI=1S/C21H21FN2O3/c1-13-7-8-18-15(9-20(26)27-21(18)14(13)2)11-24(3)12-19(25)23-17-6-4-5-16(22)10-17/h4-10H,11-12H2,1-3H3,(H,23,25)/p+1. The molecule has 6 heteroatoms. The molecule has 1 unspecified atom stereocenters. The van der Waals surface area contributed by atoms with Gasteiger partial charge < -0.3 is 14.6 Å². The molecule has 0 aliphatic heterocycles. The van der Waals surface area contributed by atoms with Crippen molar-refractivity contribution in [2.45, 2.75) is 20.4 Å². The number of halogens is 1. The fourth-order valence-corrected chi connectivity index (χ4v) is 3.10. The number of hydrogen-bond donors (Lipinski definition) is 2. The number of anilines is 1. The third-order valence-electron chi connectivity index (χ3n) is 4.58. The number of amides is 1. The minimum atomic E-state index is -0.401. The minimum Gasteiger partial charge on any atom is -0.422 e. The largest absolute Gasteiger partial charge is 0.422 e. The number of carbonyl (C=O) groups excluding carboxylic acids is 1. The van der Waals surface area contributed by atoms with Crippen molar-refractivity contribution in [1.29, 1.82) is 0 Å². The van der Waals surface area contributed by atoms with E-state index in [4.69, 9.17) is 4.42 Å². The van der Waals surface area contributed by atoms with Gasteiger partial charge >= 0.3 is 5.63 Å². The Balaban J connectivity index is 1.76. The Morgan fingerprint density at radius 1 is 1.19 bits per heavy atom. The molecule has 0 fully saturated rings. The van der Waals surface area contributed by atoms with Gasteiger partial charge in [-0.25, -0.2) is 9.18 Å². The normalized spacial score (nSPS) is 12.1. The highest BCUT2D eigenvalue weighted by atomic mass is 19.1. The van der Waals surface area contributed by atoms with E-state index in [1.165, 1.54) is 18.2 Å². The van der Waals surface area contributed by atoms with Gasteiger partial charge in [0.2, 0.25) is 0 Å². The van der Waals surface area contributed by atoms with E-state index < -0.39 is 11.4 Å². The molecular formula is C21H22FN2O3+. The lowest BCUT2D eigenvalue weighted by atomic mass is 10.0. The van der Waals surface area contributed by atoms with Gasteiger partial charge in [0.1, 0.15) is 17.9 Å². The highest BCUT2D eigenvalue weighted by Crippen LogP contribution is 2.22. The van der Waals surface area contributed by atoms with Gasteiger partial charge in [0.05, 0.1) is 7.05 Å². The molecule has 0 saturated heterocycles. The maximum atomic E-state index is 13.2. The Morgan fingerprint density at radius 3 is 2.70 bits per heavy atom. The molecule has 0 bridgehead atoms.